The molecule has 0 aliphatic carbocycles. The molecule has 1 aliphatic rings. The van der Waals surface area contributed by atoms with E-state index >= 15 is 0 Å². The van der Waals surface area contributed by atoms with Crippen molar-refractivity contribution in [2.75, 3.05) is 6.61 Å². The SMILES string of the molecule is C[C@H]1CC(O)[C@@H](O)[C@@H](CO)O1. The van der Waals surface area contributed by atoms with E-state index in [1.54, 1.807) is 6.92 Å². The highest BCUT2D eigenvalue weighted by Crippen LogP contribution is 2.19. The first-order valence-corrected chi connectivity index (χ1v) is 3.77. The Labute approximate surface area is 65.4 Å². The maximum absolute atomic E-state index is 9.22. The molecule has 0 saturated carbocycles. The van der Waals surface area contributed by atoms with E-state index in [4.69, 9.17) is 9.84 Å². The average Bonchev–Trinajstić information content (AvgIpc) is 1.96. The molecule has 3 N–H and O–H groups in total. The minimum absolute atomic E-state index is 0.0921. The third-order valence-corrected chi connectivity index (χ3v) is 1.94. The minimum Gasteiger partial charge on any atom is -0.394 e. The van der Waals surface area contributed by atoms with Gasteiger partial charge in [0, 0.05) is 6.42 Å². The van der Waals surface area contributed by atoms with E-state index in [1.807, 2.05) is 0 Å². The predicted molar refractivity (Wildman–Crippen MR) is 38.1 cm³/mol. The van der Waals surface area contributed by atoms with Crippen LogP contribution in [0.5, 0.6) is 0 Å². The fourth-order valence-electron chi connectivity index (χ4n) is 1.31. The minimum atomic E-state index is -0.948. The molecule has 0 bridgehead atoms. The van der Waals surface area contributed by atoms with Crippen LogP contribution < -0.4 is 0 Å². The van der Waals surface area contributed by atoms with Gasteiger partial charge in [-0.25, -0.2) is 0 Å². The molecule has 0 aromatic heterocycles. The molecule has 4 atom stereocenters. The molecule has 1 aliphatic heterocycles. The van der Waals surface area contributed by atoms with Crippen LogP contribution in [0, 0.1) is 0 Å². The van der Waals surface area contributed by atoms with E-state index < -0.39 is 18.3 Å². The van der Waals surface area contributed by atoms with Crippen LogP contribution in [0.15, 0.2) is 0 Å². The highest BCUT2D eigenvalue weighted by Gasteiger charge is 2.34. The summed E-state index contributed by atoms with van der Waals surface area (Å²) >= 11 is 0. The van der Waals surface area contributed by atoms with Crippen molar-refractivity contribution in [3.63, 3.8) is 0 Å². The quantitative estimate of drug-likeness (QED) is 0.456. The van der Waals surface area contributed by atoms with Crippen LogP contribution >= 0.6 is 0 Å². The molecule has 1 fully saturated rings. The number of hydrogen-bond donors (Lipinski definition) is 3. The summed E-state index contributed by atoms with van der Waals surface area (Å²) in [5.41, 5.74) is 0. The smallest absolute Gasteiger partial charge is 0.109 e. The lowest BCUT2D eigenvalue weighted by molar-refractivity contribution is -0.174. The molecule has 0 spiro atoms. The Kier molecular flexibility index (Phi) is 2.84. The van der Waals surface area contributed by atoms with Crippen molar-refractivity contribution in [2.45, 2.75) is 37.8 Å². The summed E-state index contributed by atoms with van der Waals surface area (Å²) < 4.78 is 5.16. The second-order valence-electron chi connectivity index (χ2n) is 2.96. The van der Waals surface area contributed by atoms with E-state index in [0.29, 0.717) is 6.42 Å². The molecule has 0 radical (unpaired) electrons. The molecule has 1 rings (SSSR count). The van der Waals surface area contributed by atoms with Gasteiger partial charge in [-0.3, -0.25) is 0 Å². The number of rotatable bonds is 1. The summed E-state index contributed by atoms with van der Waals surface area (Å²) in [5, 5.41) is 27.1. The Bertz CT molecular complexity index is 128. The summed E-state index contributed by atoms with van der Waals surface area (Å²) in [5.74, 6) is 0. The Hall–Kier alpha value is -0.160. The number of ether oxygens (including phenoxy) is 1. The van der Waals surface area contributed by atoms with Crippen LogP contribution in [0.25, 0.3) is 0 Å². The maximum Gasteiger partial charge on any atom is 0.109 e. The van der Waals surface area contributed by atoms with Gasteiger partial charge in [0.25, 0.3) is 0 Å². The first kappa shape index (κ1) is 8.93. The predicted octanol–water partition coefficient (Wildman–Crippen LogP) is -1.12. The van der Waals surface area contributed by atoms with Crippen molar-refractivity contribution in [3.8, 4) is 0 Å². The van der Waals surface area contributed by atoms with E-state index in [0.717, 1.165) is 0 Å². The summed E-state index contributed by atoms with van der Waals surface area (Å²) in [6.07, 6.45) is -2.01. The van der Waals surface area contributed by atoms with Gasteiger partial charge in [-0.05, 0) is 6.92 Å². The summed E-state index contributed by atoms with van der Waals surface area (Å²) in [7, 11) is 0. The topological polar surface area (TPSA) is 69.9 Å². The van der Waals surface area contributed by atoms with Crippen molar-refractivity contribution in [1.29, 1.82) is 0 Å². The third kappa shape index (κ3) is 1.90. The van der Waals surface area contributed by atoms with Crippen LogP contribution in [0.3, 0.4) is 0 Å². The van der Waals surface area contributed by atoms with Gasteiger partial charge >= 0.3 is 0 Å². The molecule has 4 nitrogen and oxygen atoms in total. The lowest BCUT2D eigenvalue weighted by atomic mass is 9.99. The lowest BCUT2D eigenvalue weighted by Gasteiger charge is -2.34. The fourth-order valence-corrected chi connectivity index (χ4v) is 1.31. The van der Waals surface area contributed by atoms with Gasteiger partial charge in [0.1, 0.15) is 12.2 Å². The van der Waals surface area contributed by atoms with Crippen molar-refractivity contribution >= 4 is 0 Å². The molecule has 0 aromatic rings. The monoisotopic (exact) mass is 162 g/mol. The second-order valence-corrected chi connectivity index (χ2v) is 2.96. The van der Waals surface area contributed by atoms with Gasteiger partial charge in [-0.15, -0.1) is 0 Å². The molecule has 1 heterocycles. The normalized spacial score (nSPS) is 45.8. The summed E-state index contributed by atoms with van der Waals surface area (Å²) in [4.78, 5) is 0. The van der Waals surface area contributed by atoms with Crippen LogP contribution in [-0.2, 0) is 4.74 Å². The molecular formula is C7H14O4. The Morgan fingerprint density at radius 1 is 1.45 bits per heavy atom. The number of aliphatic hydroxyl groups is 3. The second kappa shape index (κ2) is 3.49. The Morgan fingerprint density at radius 3 is 2.64 bits per heavy atom. The van der Waals surface area contributed by atoms with Crippen LogP contribution in [0.4, 0.5) is 0 Å². The van der Waals surface area contributed by atoms with Crippen LogP contribution in [-0.4, -0.2) is 46.3 Å². The first-order chi connectivity index (χ1) is 5.15. The Morgan fingerprint density at radius 2 is 2.09 bits per heavy atom. The van der Waals surface area contributed by atoms with E-state index in [9.17, 15) is 10.2 Å². The van der Waals surface area contributed by atoms with Gasteiger partial charge in [-0.2, -0.15) is 0 Å². The van der Waals surface area contributed by atoms with Gasteiger partial charge in [0.2, 0.25) is 0 Å². The zero-order valence-electron chi connectivity index (χ0n) is 6.47. The van der Waals surface area contributed by atoms with Crippen molar-refractivity contribution in [2.24, 2.45) is 0 Å². The number of hydrogen-bond acceptors (Lipinski definition) is 4. The molecule has 66 valence electrons. The van der Waals surface area contributed by atoms with Crippen molar-refractivity contribution in [1.82, 2.24) is 0 Å². The molecule has 4 heteroatoms. The zero-order chi connectivity index (χ0) is 8.43. The van der Waals surface area contributed by atoms with E-state index in [-0.39, 0.29) is 12.7 Å². The zero-order valence-corrected chi connectivity index (χ0v) is 6.47. The molecule has 11 heavy (non-hydrogen) atoms. The van der Waals surface area contributed by atoms with Gasteiger partial charge in [0.15, 0.2) is 0 Å². The molecule has 1 unspecified atom stereocenters. The number of aliphatic hydroxyl groups excluding tert-OH is 3. The summed E-state index contributed by atoms with van der Waals surface area (Å²) in [6, 6.07) is 0. The summed E-state index contributed by atoms with van der Waals surface area (Å²) in [6.45, 7) is 1.56. The van der Waals surface area contributed by atoms with Crippen molar-refractivity contribution in [3.05, 3.63) is 0 Å². The highest BCUT2D eigenvalue weighted by molar-refractivity contribution is 4.83. The molecule has 0 aromatic carbocycles. The Balaban J connectivity index is 2.51. The van der Waals surface area contributed by atoms with Crippen LogP contribution in [0.1, 0.15) is 13.3 Å². The van der Waals surface area contributed by atoms with Crippen LogP contribution in [0.2, 0.25) is 0 Å². The average molecular weight is 162 g/mol. The van der Waals surface area contributed by atoms with Gasteiger partial charge < -0.3 is 20.1 Å². The molecular weight excluding hydrogens is 148 g/mol. The molecule has 1 saturated heterocycles. The van der Waals surface area contributed by atoms with E-state index in [2.05, 4.69) is 0 Å². The largest absolute Gasteiger partial charge is 0.394 e. The van der Waals surface area contributed by atoms with Gasteiger partial charge in [-0.1, -0.05) is 0 Å². The van der Waals surface area contributed by atoms with Gasteiger partial charge in [0.05, 0.1) is 18.8 Å². The van der Waals surface area contributed by atoms with E-state index in [1.165, 1.54) is 0 Å². The third-order valence-electron chi connectivity index (χ3n) is 1.94. The first-order valence-electron chi connectivity index (χ1n) is 3.77. The fraction of sp³-hybridized carbons (Fsp3) is 1.00. The lowest BCUT2D eigenvalue weighted by Crippen LogP contribution is -2.49. The molecule has 0 amide bonds. The van der Waals surface area contributed by atoms with Crippen molar-refractivity contribution < 1.29 is 20.1 Å². The maximum atomic E-state index is 9.22. The highest BCUT2D eigenvalue weighted by atomic mass is 16.5. The standard InChI is InChI=1S/C7H14O4/c1-4-2-5(9)7(10)6(3-8)11-4/h4-10H,2-3H2,1H3/t4-,5?,6+,7+/m0/s1.